The number of ether oxygens (including phenoxy) is 1. The van der Waals surface area contributed by atoms with Crippen LogP contribution in [-0.2, 0) is 9.53 Å². The van der Waals surface area contributed by atoms with Gasteiger partial charge in [0.05, 0.1) is 0 Å². The molecule has 0 aromatic heterocycles. The Kier molecular flexibility index (Phi) is 3.94. The van der Waals surface area contributed by atoms with E-state index in [0.29, 0.717) is 5.92 Å². The van der Waals surface area contributed by atoms with E-state index in [1.807, 2.05) is 27.7 Å². The summed E-state index contributed by atoms with van der Waals surface area (Å²) in [5.41, 5.74) is -0.497. The molecule has 0 saturated heterocycles. The molecular weight excluding hydrogens is 206 g/mol. The van der Waals surface area contributed by atoms with Crippen molar-refractivity contribution in [1.29, 1.82) is 0 Å². The Morgan fingerprint density at radius 3 is 2.50 bits per heavy atom. The zero-order valence-corrected chi connectivity index (χ0v) is 10.4. The maximum absolute atomic E-state index is 11.6. The fourth-order valence-electron chi connectivity index (χ4n) is 2.08. The summed E-state index contributed by atoms with van der Waals surface area (Å²) in [5.74, 6) is 0.269. The van der Waals surface area contributed by atoms with E-state index in [1.54, 1.807) is 0 Å². The van der Waals surface area contributed by atoms with Gasteiger partial charge in [-0.3, -0.25) is 0 Å². The average Bonchev–Trinajstić information content (AvgIpc) is 2.44. The van der Waals surface area contributed by atoms with Gasteiger partial charge in [0.25, 0.3) is 0 Å². The third-order valence-corrected chi connectivity index (χ3v) is 2.89. The summed E-state index contributed by atoms with van der Waals surface area (Å²) >= 11 is 0. The van der Waals surface area contributed by atoms with E-state index < -0.39 is 11.7 Å². The minimum Gasteiger partial charge on any atom is -0.444 e. The van der Waals surface area contributed by atoms with E-state index in [4.69, 9.17) is 4.74 Å². The van der Waals surface area contributed by atoms with Crippen LogP contribution in [0.2, 0.25) is 0 Å². The number of carbonyl (C=O) groups excluding carboxylic acids is 2. The quantitative estimate of drug-likeness (QED) is 0.735. The zero-order valence-electron chi connectivity index (χ0n) is 10.4. The third kappa shape index (κ3) is 3.51. The highest BCUT2D eigenvalue weighted by atomic mass is 16.6. The Hall–Kier alpha value is -1.06. The van der Waals surface area contributed by atoms with Crippen LogP contribution < -0.4 is 5.32 Å². The number of amides is 1. The van der Waals surface area contributed by atoms with Crippen LogP contribution in [0.5, 0.6) is 0 Å². The SMILES string of the molecule is CC1CCC(C=O)C1NC(=O)OC(C)(C)C. The minimum atomic E-state index is -0.497. The smallest absolute Gasteiger partial charge is 0.407 e. The van der Waals surface area contributed by atoms with Crippen molar-refractivity contribution in [2.75, 3.05) is 0 Å². The number of nitrogens with one attached hydrogen (secondary N) is 1. The van der Waals surface area contributed by atoms with Gasteiger partial charge in [-0.1, -0.05) is 6.92 Å². The standard InChI is InChI=1S/C12H21NO3/c1-8-5-6-9(7-14)10(8)13-11(15)16-12(2,3)4/h7-10H,5-6H2,1-4H3,(H,13,15). The molecule has 3 atom stereocenters. The predicted octanol–water partition coefficient (Wildman–Crippen LogP) is 2.12. The van der Waals surface area contributed by atoms with Crippen LogP contribution in [0.25, 0.3) is 0 Å². The van der Waals surface area contributed by atoms with Crippen molar-refractivity contribution in [1.82, 2.24) is 5.32 Å². The summed E-state index contributed by atoms with van der Waals surface area (Å²) < 4.78 is 5.17. The second-order valence-electron chi connectivity index (χ2n) is 5.53. The molecule has 0 heterocycles. The Morgan fingerprint density at radius 1 is 1.38 bits per heavy atom. The molecule has 16 heavy (non-hydrogen) atoms. The van der Waals surface area contributed by atoms with Gasteiger partial charge < -0.3 is 14.8 Å². The van der Waals surface area contributed by atoms with Gasteiger partial charge in [0.15, 0.2) is 0 Å². The van der Waals surface area contributed by atoms with Crippen molar-refractivity contribution in [2.45, 2.75) is 52.2 Å². The molecule has 1 N–H and O–H groups in total. The van der Waals surface area contributed by atoms with Crippen LogP contribution in [0.1, 0.15) is 40.5 Å². The van der Waals surface area contributed by atoms with Crippen LogP contribution in [0.4, 0.5) is 4.79 Å². The van der Waals surface area contributed by atoms with E-state index in [9.17, 15) is 9.59 Å². The van der Waals surface area contributed by atoms with Gasteiger partial charge in [-0.15, -0.1) is 0 Å². The molecular formula is C12H21NO3. The second-order valence-corrected chi connectivity index (χ2v) is 5.53. The number of alkyl carbamates (subject to hydrolysis) is 1. The topological polar surface area (TPSA) is 55.4 Å². The monoisotopic (exact) mass is 227 g/mol. The van der Waals surface area contributed by atoms with Crippen molar-refractivity contribution in [3.05, 3.63) is 0 Å². The number of rotatable bonds is 2. The molecule has 1 saturated carbocycles. The Labute approximate surface area is 96.7 Å². The van der Waals surface area contributed by atoms with E-state index in [1.165, 1.54) is 0 Å². The lowest BCUT2D eigenvalue weighted by atomic mass is 10.0. The average molecular weight is 227 g/mol. The fourth-order valence-corrected chi connectivity index (χ4v) is 2.08. The number of hydrogen-bond donors (Lipinski definition) is 1. The fraction of sp³-hybridized carbons (Fsp3) is 0.833. The maximum atomic E-state index is 11.6. The van der Waals surface area contributed by atoms with Gasteiger partial charge in [-0.25, -0.2) is 4.79 Å². The molecule has 0 aromatic carbocycles. The molecule has 1 fully saturated rings. The first-order valence-electron chi connectivity index (χ1n) is 5.78. The molecule has 4 heteroatoms. The van der Waals surface area contributed by atoms with Gasteiger partial charge >= 0.3 is 6.09 Å². The van der Waals surface area contributed by atoms with Gasteiger partial charge in [0, 0.05) is 12.0 Å². The molecule has 0 spiro atoms. The van der Waals surface area contributed by atoms with Gasteiger partial charge in [-0.05, 0) is 39.5 Å². The lowest BCUT2D eigenvalue weighted by Gasteiger charge is -2.25. The van der Waals surface area contributed by atoms with Crippen LogP contribution in [-0.4, -0.2) is 24.0 Å². The van der Waals surface area contributed by atoms with Crippen molar-refractivity contribution >= 4 is 12.4 Å². The van der Waals surface area contributed by atoms with Crippen LogP contribution >= 0.6 is 0 Å². The molecule has 1 rings (SSSR count). The van der Waals surface area contributed by atoms with Crippen molar-refractivity contribution in [3.63, 3.8) is 0 Å². The first-order valence-corrected chi connectivity index (χ1v) is 5.78. The Balaban J connectivity index is 2.52. The van der Waals surface area contributed by atoms with Crippen molar-refractivity contribution in [3.8, 4) is 0 Å². The van der Waals surface area contributed by atoms with E-state index in [-0.39, 0.29) is 12.0 Å². The minimum absolute atomic E-state index is 0.0671. The third-order valence-electron chi connectivity index (χ3n) is 2.89. The number of aldehydes is 1. The van der Waals surface area contributed by atoms with Crippen LogP contribution in [0.15, 0.2) is 0 Å². The summed E-state index contributed by atoms with van der Waals surface area (Å²) in [7, 11) is 0. The summed E-state index contributed by atoms with van der Waals surface area (Å²) in [6, 6.07) is -0.0765. The molecule has 4 nitrogen and oxygen atoms in total. The summed E-state index contributed by atoms with van der Waals surface area (Å²) in [6.45, 7) is 7.51. The molecule has 1 aliphatic rings. The normalized spacial score (nSPS) is 29.9. The first kappa shape index (κ1) is 13.0. The molecule has 0 aromatic rings. The molecule has 0 radical (unpaired) electrons. The highest BCUT2D eigenvalue weighted by Gasteiger charge is 2.35. The van der Waals surface area contributed by atoms with Crippen LogP contribution in [0, 0.1) is 11.8 Å². The molecule has 0 bridgehead atoms. The van der Waals surface area contributed by atoms with Gasteiger partial charge in [0.2, 0.25) is 0 Å². The van der Waals surface area contributed by atoms with Crippen molar-refractivity contribution < 1.29 is 14.3 Å². The largest absolute Gasteiger partial charge is 0.444 e. The van der Waals surface area contributed by atoms with E-state index in [2.05, 4.69) is 5.32 Å². The summed E-state index contributed by atoms with van der Waals surface area (Å²) in [6.07, 6.45) is 2.33. The summed E-state index contributed by atoms with van der Waals surface area (Å²) in [4.78, 5) is 22.4. The molecule has 92 valence electrons. The highest BCUT2D eigenvalue weighted by molar-refractivity contribution is 5.69. The van der Waals surface area contributed by atoms with Crippen molar-refractivity contribution in [2.24, 2.45) is 11.8 Å². The predicted molar refractivity (Wildman–Crippen MR) is 61.1 cm³/mol. The molecule has 1 amide bonds. The lowest BCUT2D eigenvalue weighted by molar-refractivity contribution is -0.111. The maximum Gasteiger partial charge on any atom is 0.407 e. The number of carbonyl (C=O) groups is 2. The van der Waals surface area contributed by atoms with Crippen LogP contribution in [0.3, 0.4) is 0 Å². The Morgan fingerprint density at radius 2 is 2.00 bits per heavy atom. The molecule has 3 unspecified atom stereocenters. The van der Waals surface area contributed by atoms with Gasteiger partial charge in [-0.2, -0.15) is 0 Å². The second kappa shape index (κ2) is 4.85. The van der Waals surface area contributed by atoms with E-state index in [0.717, 1.165) is 19.1 Å². The molecule has 0 aliphatic heterocycles. The first-order chi connectivity index (χ1) is 7.33. The highest BCUT2D eigenvalue weighted by Crippen LogP contribution is 2.29. The lowest BCUT2D eigenvalue weighted by Crippen LogP contribution is -2.43. The van der Waals surface area contributed by atoms with E-state index >= 15 is 0 Å². The Bertz CT molecular complexity index is 270. The summed E-state index contributed by atoms with van der Waals surface area (Å²) in [5, 5.41) is 2.79. The number of hydrogen-bond acceptors (Lipinski definition) is 3. The zero-order chi connectivity index (χ0) is 12.3. The molecule has 1 aliphatic carbocycles. The van der Waals surface area contributed by atoms with Gasteiger partial charge in [0.1, 0.15) is 11.9 Å².